The predicted octanol–water partition coefficient (Wildman–Crippen LogP) is 4.58. The Morgan fingerprint density at radius 2 is 0.833 bits per heavy atom. The molecule has 2 heterocycles. The standard InChI is InChI=1S/2C9H17N3/c2*1-6(2)9-11-10-8(5)12(9)7(3)4/h2*6-7H,1-5H3. The van der Waals surface area contributed by atoms with Crippen molar-refractivity contribution >= 4 is 0 Å². The molecule has 2 aromatic rings. The largest absolute Gasteiger partial charge is 0.312 e. The van der Waals surface area contributed by atoms with E-state index in [2.05, 4.69) is 84.9 Å². The van der Waals surface area contributed by atoms with Crippen LogP contribution in [0.4, 0.5) is 0 Å². The van der Waals surface area contributed by atoms with Crippen molar-refractivity contribution in [1.82, 2.24) is 29.5 Å². The molecule has 0 amide bonds. The molecule has 0 N–H and O–H groups in total. The molecule has 0 spiro atoms. The number of nitrogens with zero attached hydrogens (tertiary/aromatic N) is 6. The van der Waals surface area contributed by atoms with Crippen molar-refractivity contribution in [2.24, 2.45) is 0 Å². The maximum atomic E-state index is 4.15. The van der Waals surface area contributed by atoms with Gasteiger partial charge in [-0.05, 0) is 41.5 Å². The molecule has 2 rings (SSSR count). The van der Waals surface area contributed by atoms with Crippen LogP contribution < -0.4 is 0 Å². The molecule has 0 unspecified atom stereocenters. The van der Waals surface area contributed by atoms with Crippen LogP contribution in [0.5, 0.6) is 0 Å². The smallest absolute Gasteiger partial charge is 0.135 e. The summed E-state index contributed by atoms with van der Waals surface area (Å²) >= 11 is 0. The van der Waals surface area contributed by atoms with Gasteiger partial charge in [0.15, 0.2) is 0 Å². The Balaban J connectivity index is 0.000000240. The Morgan fingerprint density at radius 1 is 0.542 bits per heavy atom. The lowest BCUT2D eigenvalue weighted by atomic mass is 10.2. The second-order valence-electron chi connectivity index (χ2n) is 7.45. The summed E-state index contributed by atoms with van der Waals surface area (Å²) in [6.07, 6.45) is 0. The minimum atomic E-state index is 0.452. The van der Waals surface area contributed by atoms with Crippen LogP contribution in [0.3, 0.4) is 0 Å². The van der Waals surface area contributed by atoms with Crippen molar-refractivity contribution in [2.75, 3.05) is 0 Å². The summed E-state index contributed by atoms with van der Waals surface area (Å²) in [5, 5.41) is 16.4. The van der Waals surface area contributed by atoms with Crippen LogP contribution in [0, 0.1) is 13.8 Å². The summed E-state index contributed by atoms with van der Waals surface area (Å²) in [6, 6.07) is 0.912. The van der Waals surface area contributed by atoms with E-state index in [1.807, 2.05) is 13.8 Å². The van der Waals surface area contributed by atoms with Gasteiger partial charge in [0, 0.05) is 23.9 Å². The van der Waals surface area contributed by atoms with Crippen molar-refractivity contribution in [2.45, 2.75) is 93.2 Å². The molecular weight excluding hydrogens is 300 g/mol. The average Bonchev–Trinajstić information content (AvgIpc) is 3.02. The van der Waals surface area contributed by atoms with E-state index in [0.717, 1.165) is 23.3 Å². The fourth-order valence-corrected chi connectivity index (χ4v) is 2.84. The maximum Gasteiger partial charge on any atom is 0.135 e. The predicted molar refractivity (Wildman–Crippen MR) is 98.5 cm³/mol. The Bertz CT molecular complexity index is 578. The minimum absolute atomic E-state index is 0.452. The Hall–Kier alpha value is -1.72. The highest BCUT2D eigenvalue weighted by atomic mass is 15.3. The molecule has 0 radical (unpaired) electrons. The van der Waals surface area contributed by atoms with Gasteiger partial charge in [0.1, 0.15) is 23.3 Å². The van der Waals surface area contributed by atoms with Gasteiger partial charge in [-0.25, -0.2) is 0 Å². The quantitative estimate of drug-likeness (QED) is 0.821. The van der Waals surface area contributed by atoms with E-state index in [1.54, 1.807) is 0 Å². The number of rotatable bonds is 4. The monoisotopic (exact) mass is 334 g/mol. The molecule has 0 aromatic carbocycles. The highest BCUT2D eigenvalue weighted by molar-refractivity contribution is 5.00. The third-order valence-corrected chi connectivity index (χ3v) is 3.85. The molecule has 6 nitrogen and oxygen atoms in total. The lowest BCUT2D eigenvalue weighted by molar-refractivity contribution is 0.538. The van der Waals surface area contributed by atoms with Gasteiger partial charge in [0.2, 0.25) is 0 Å². The molecule has 24 heavy (non-hydrogen) atoms. The van der Waals surface area contributed by atoms with Gasteiger partial charge >= 0.3 is 0 Å². The second kappa shape index (κ2) is 8.40. The van der Waals surface area contributed by atoms with Gasteiger partial charge in [-0.2, -0.15) is 0 Å². The van der Waals surface area contributed by atoms with Crippen molar-refractivity contribution < 1.29 is 0 Å². The van der Waals surface area contributed by atoms with Crippen LogP contribution in [-0.2, 0) is 0 Å². The van der Waals surface area contributed by atoms with E-state index < -0.39 is 0 Å². The summed E-state index contributed by atoms with van der Waals surface area (Å²) in [5.41, 5.74) is 0. The van der Waals surface area contributed by atoms with Crippen LogP contribution >= 0.6 is 0 Å². The highest BCUT2D eigenvalue weighted by Crippen LogP contribution is 2.18. The molecule has 0 aliphatic carbocycles. The Morgan fingerprint density at radius 3 is 1.00 bits per heavy atom. The first-order valence-corrected chi connectivity index (χ1v) is 8.90. The average molecular weight is 335 g/mol. The van der Waals surface area contributed by atoms with Gasteiger partial charge in [0.25, 0.3) is 0 Å². The summed E-state index contributed by atoms with van der Waals surface area (Å²) in [6.45, 7) is 21.2. The van der Waals surface area contributed by atoms with Gasteiger partial charge < -0.3 is 9.13 Å². The van der Waals surface area contributed by atoms with Crippen LogP contribution in [0.15, 0.2) is 0 Å². The molecule has 2 aromatic heterocycles. The second-order valence-corrected chi connectivity index (χ2v) is 7.45. The number of hydrogen-bond donors (Lipinski definition) is 0. The first kappa shape index (κ1) is 20.3. The molecule has 0 saturated heterocycles. The maximum absolute atomic E-state index is 4.15. The summed E-state index contributed by atoms with van der Waals surface area (Å²) < 4.78 is 4.37. The van der Waals surface area contributed by atoms with E-state index in [4.69, 9.17) is 0 Å². The van der Waals surface area contributed by atoms with E-state index in [0.29, 0.717) is 23.9 Å². The Labute approximate surface area is 146 Å². The fraction of sp³-hybridized carbons (Fsp3) is 0.778. The number of aromatic nitrogens is 6. The molecule has 0 atom stereocenters. The molecule has 0 fully saturated rings. The zero-order valence-electron chi connectivity index (χ0n) is 17.0. The van der Waals surface area contributed by atoms with Crippen molar-refractivity contribution in [3.05, 3.63) is 23.3 Å². The molecule has 0 saturated carbocycles. The Kier molecular flexibility index (Phi) is 7.11. The van der Waals surface area contributed by atoms with Crippen molar-refractivity contribution in [3.63, 3.8) is 0 Å². The van der Waals surface area contributed by atoms with E-state index >= 15 is 0 Å². The molecule has 0 aliphatic heterocycles. The van der Waals surface area contributed by atoms with Crippen molar-refractivity contribution in [1.29, 1.82) is 0 Å². The SMILES string of the molecule is Cc1nnc(C(C)C)n1C(C)C.Cc1nnc(C(C)C)n1C(C)C. The van der Waals surface area contributed by atoms with Crippen molar-refractivity contribution in [3.8, 4) is 0 Å². The number of aryl methyl sites for hydroxylation is 2. The minimum Gasteiger partial charge on any atom is -0.312 e. The van der Waals surface area contributed by atoms with Crippen LogP contribution in [0.1, 0.15) is 103 Å². The van der Waals surface area contributed by atoms with Crippen LogP contribution in [-0.4, -0.2) is 29.5 Å². The van der Waals surface area contributed by atoms with Gasteiger partial charge in [-0.1, -0.05) is 27.7 Å². The summed E-state index contributed by atoms with van der Waals surface area (Å²) in [4.78, 5) is 0. The zero-order valence-corrected chi connectivity index (χ0v) is 17.0. The van der Waals surface area contributed by atoms with Crippen LogP contribution in [0.25, 0.3) is 0 Å². The summed E-state index contributed by atoms with van der Waals surface area (Å²) in [5.74, 6) is 5.09. The number of hydrogen-bond acceptors (Lipinski definition) is 4. The highest BCUT2D eigenvalue weighted by Gasteiger charge is 2.14. The molecule has 6 heteroatoms. The lowest BCUT2D eigenvalue weighted by Gasteiger charge is -2.13. The van der Waals surface area contributed by atoms with Gasteiger partial charge in [-0.3, -0.25) is 0 Å². The lowest BCUT2D eigenvalue weighted by Crippen LogP contribution is -2.09. The molecule has 136 valence electrons. The fourth-order valence-electron chi connectivity index (χ4n) is 2.84. The first-order chi connectivity index (χ1) is 11.1. The summed E-state index contributed by atoms with van der Waals surface area (Å²) in [7, 11) is 0. The van der Waals surface area contributed by atoms with E-state index in [9.17, 15) is 0 Å². The molecule has 0 aliphatic rings. The van der Waals surface area contributed by atoms with Crippen LogP contribution in [0.2, 0.25) is 0 Å². The molecular formula is C18H34N6. The first-order valence-electron chi connectivity index (χ1n) is 8.90. The molecule has 0 bridgehead atoms. The third kappa shape index (κ3) is 4.65. The topological polar surface area (TPSA) is 61.4 Å². The third-order valence-electron chi connectivity index (χ3n) is 3.85. The van der Waals surface area contributed by atoms with E-state index in [1.165, 1.54) is 0 Å². The van der Waals surface area contributed by atoms with E-state index in [-0.39, 0.29) is 0 Å². The van der Waals surface area contributed by atoms with Gasteiger partial charge in [-0.15, -0.1) is 20.4 Å². The zero-order chi connectivity index (χ0) is 18.6. The van der Waals surface area contributed by atoms with Gasteiger partial charge in [0.05, 0.1) is 0 Å². The normalized spacial score (nSPS) is 11.6.